The maximum Gasteiger partial charge on any atom is 0.242 e. The molecule has 1 aromatic carbocycles. The summed E-state index contributed by atoms with van der Waals surface area (Å²) in [6.07, 6.45) is 0. The van der Waals surface area contributed by atoms with Crippen molar-refractivity contribution in [2.75, 3.05) is 5.32 Å². The van der Waals surface area contributed by atoms with Crippen molar-refractivity contribution in [1.29, 1.82) is 0 Å². The third-order valence-corrected chi connectivity index (χ3v) is 3.67. The summed E-state index contributed by atoms with van der Waals surface area (Å²) < 4.78 is 0. The molecule has 0 spiro atoms. The van der Waals surface area contributed by atoms with Gasteiger partial charge in [0.25, 0.3) is 0 Å². The van der Waals surface area contributed by atoms with E-state index >= 15 is 0 Å². The SMILES string of the molecule is CC(=O)/C(=C(/C)N)c1ccc(NC(=O)C(C)N)nc1C#Cc1ccccc1. The van der Waals surface area contributed by atoms with Crippen LogP contribution in [0, 0.1) is 11.8 Å². The summed E-state index contributed by atoms with van der Waals surface area (Å²) in [4.78, 5) is 28.3. The number of carbonyl (C=O) groups excluding carboxylic acids is 2. The summed E-state index contributed by atoms with van der Waals surface area (Å²) in [6, 6.07) is 12.0. The average Bonchev–Trinajstić information content (AvgIpc) is 2.61. The monoisotopic (exact) mass is 362 g/mol. The Bertz CT molecular complexity index is 947. The lowest BCUT2D eigenvalue weighted by Gasteiger charge is -2.12. The number of ketones is 1. The zero-order valence-corrected chi connectivity index (χ0v) is 15.5. The molecule has 27 heavy (non-hydrogen) atoms. The van der Waals surface area contributed by atoms with E-state index < -0.39 is 6.04 Å². The van der Waals surface area contributed by atoms with Crippen molar-refractivity contribution in [3.8, 4) is 11.8 Å². The Balaban J connectivity index is 2.57. The largest absolute Gasteiger partial charge is 0.402 e. The molecule has 2 rings (SSSR count). The number of amides is 1. The molecule has 5 N–H and O–H groups in total. The van der Waals surface area contributed by atoms with E-state index in [0.29, 0.717) is 28.3 Å². The van der Waals surface area contributed by atoms with Crippen molar-refractivity contribution >= 4 is 23.1 Å². The van der Waals surface area contributed by atoms with Crippen LogP contribution in [0.4, 0.5) is 5.82 Å². The predicted molar refractivity (Wildman–Crippen MR) is 106 cm³/mol. The summed E-state index contributed by atoms with van der Waals surface area (Å²) in [6.45, 7) is 4.66. The van der Waals surface area contributed by atoms with Crippen LogP contribution in [0.5, 0.6) is 0 Å². The quantitative estimate of drug-likeness (QED) is 0.569. The number of nitrogens with two attached hydrogens (primary N) is 2. The third-order valence-electron chi connectivity index (χ3n) is 3.67. The Kier molecular flexibility index (Phi) is 6.47. The first kappa shape index (κ1) is 19.9. The predicted octanol–water partition coefficient (Wildman–Crippen LogP) is 2.05. The van der Waals surface area contributed by atoms with Crippen LogP contribution < -0.4 is 16.8 Å². The second kappa shape index (κ2) is 8.79. The summed E-state index contributed by atoms with van der Waals surface area (Å²) in [5.41, 5.74) is 13.9. The molecule has 0 fully saturated rings. The zero-order valence-electron chi connectivity index (χ0n) is 15.5. The minimum Gasteiger partial charge on any atom is -0.402 e. The number of hydrogen-bond acceptors (Lipinski definition) is 5. The first-order chi connectivity index (χ1) is 12.8. The van der Waals surface area contributed by atoms with Gasteiger partial charge >= 0.3 is 0 Å². The lowest BCUT2D eigenvalue weighted by molar-refractivity contribution is -0.117. The van der Waals surface area contributed by atoms with Gasteiger partial charge in [0.05, 0.1) is 6.04 Å². The first-order valence-electron chi connectivity index (χ1n) is 8.41. The topological polar surface area (TPSA) is 111 Å². The first-order valence-corrected chi connectivity index (χ1v) is 8.41. The average molecular weight is 362 g/mol. The summed E-state index contributed by atoms with van der Waals surface area (Å²) in [5, 5.41) is 2.63. The van der Waals surface area contributed by atoms with Gasteiger partial charge in [0.15, 0.2) is 5.78 Å². The van der Waals surface area contributed by atoms with E-state index in [0.717, 1.165) is 5.56 Å². The highest BCUT2D eigenvalue weighted by Gasteiger charge is 2.16. The van der Waals surface area contributed by atoms with E-state index in [2.05, 4.69) is 22.1 Å². The fraction of sp³-hybridized carbons (Fsp3) is 0.190. The van der Waals surface area contributed by atoms with Crippen LogP contribution in [0.2, 0.25) is 0 Å². The van der Waals surface area contributed by atoms with Gasteiger partial charge in [0.1, 0.15) is 11.5 Å². The molecular formula is C21H22N4O2. The summed E-state index contributed by atoms with van der Waals surface area (Å²) in [7, 11) is 0. The number of hydrogen-bond donors (Lipinski definition) is 3. The maximum absolute atomic E-state index is 12.1. The number of anilines is 1. The smallest absolute Gasteiger partial charge is 0.242 e. The highest BCUT2D eigenvalue weighted by Crippen LogP contribution is 2.22. The number of aromatic nitrogens is 1. The summed E-state index contributed by atoms with van der Waals surface area (Å²) in [5.74, 6) is 5.74. The van der Waals surface area contributed by atoms with Gasteiger partial charge in [-0.2, -0.15) is 0 Å². The van der Waals surface area contributed by atoms with Gasteiger partial charge in [-0.15, -0.1) is 0 Å². The molecular weight excluding hydrogens is 340 g/mol. The van der Waals surface area contributed by atoms with Crippen molar-refractivity contribution < 1.29 is 9.59 Å². The molecule has 138 valence electrons. The number of pyridine rings is 1. The number of Topliss-reactive ketones (excluding diaryl/α,β-unsaturated/α-hetero) is 1. The minimum absolute atomic E-state index is 0.188. The Morgan fingerprint density at radius 1 is 1.07 bits per heavy atom. The second-order valence-electron chi connectivity index (χ2n) is 6.10. The van der Waals surface area contributed by atoms with Crippen molar-refractivity contribution in [3.63, 3.8) is 0 Å². The maximum atomic E-state index is 12.1. The number of allylic oxidation sites excluding steroid dienone is 2. The molecule has 0 aliphatic rings. The highest BCUT2D eigenvalue weighted by molar-refractivity contribution is 6.20. The summed E-state index contributed by atoms with van der Waals surface area (Å²) >= 11 is 0. The molecule has 1 amide bonds. The number of carbonyl (C=O) groups is 2. The van der Waals surface area contributed by atoms with Crippen LogP contribution >= 0.6 is 0 Å². The van der Waals surface area contributed by atoms with Gasteiger partial charge in [-0.25, -0.2) is 4.98 Å². The molecule has 1 aromatic heterocycles. The normalized spacial score (nSPS) is 12.3. The molecule has 0 radical (unpaired) electrons. The molecule has 0 saturated heterocycles. The number of rotatable bonds is 4. The van der Waals surface area contributed by atoms with Gasteiger partial charge in [-0.05, 0) is 51.0 Å². The highest BCUT2D eigenvalue weighted by atomic mass is 16.2. The molecule has 0 bridgehead atoms. The van der Waals surface area contributed by atoms with Crippen LogP contribution in [0.25, 0.3) is 5.57 Å². The van der Waals surface area contributed by atoms with E-state index in [-0.39, 0.29) is 11.7 Å². The number of nitrogens with zero attached hydrogens (tertiary/aromatic N) is 1. The standard InChI is InChI=1S/C21H22N4O2/c1-13(22)20(15(3)26)17-10-12-19(25-21(27)14(2)23)24-18(17)11-9-16-7-5-4-6-8-16/h4-8,10,12,14H,22-23H2,1-3H3,(H,24,25,27)/b20-13+. The van der Waals surface area contributed by atoms with Crippen molar-refractivity contribution in [2.24, 2.45) is 11.5 Å². The Morgan fingerprint density at radius 3 is 2.30 bits per heavy atom. The third kappa shape index (κ3) is 5.27. The van der Waals surface area contributed by atoms with Crippen LogP contribution in [-0.4, -0.2) is 22.7 Å². The number of benzene rings is 1. The van der Waals surface area contributed by atoms with E-state index in [1.807, 2.05) is 30.3 Å². The molecule has 0 aliphatic heterocycles. The van der Waals surface area contributed by atoms with Gasteiger partial charge in [-0.3, -0.25) is 9.59 Å². The molecule has 6 heteroatoms. The van der Waals surface area contributed by atoms with Crippen LogP contribution in [-0.2, 0) is 9.59 Å². The molecule has 1 atom stereocenters. The van der Waals surface area contributed by atoms with Gasteiger partial charge < -0.3 is 16.8 Å². The molecule has 2 aromatic rings. The van der Waals surface area contributed by atoms with Crippen molar-refractivity contribution in [1.82, 2.24) is 4.98 Å². The Labute approximate surface area is 158 Å². The van der Waals surface area contributed by atoms with E-state index in [4.69, 9.17) is 11.5 Å². The molecule has 1 unspecified atom stereocenters. The zero-order chi connectivity index (χ0) is 20.0. The number of nitrogens with one attached hydrogen (secondary N) is 1. The van der Waals surface area contributed by atoms with E-state index in [1.165, 1.54) is 6.92 Å². The molecule has 1 heterocycles. The Hall–Kier alpha value is -3.43. The van der Waals surface area contributed by atoms with E-state index in [1.54, 1.807) is 26.0 Å². The van der Waals surface area contributed by atoms with Crippen molar-refractivity contribution in [3.05, 3.63) is 65.0 Å². The van der Waals surface area contributed by atoms with Crippen molar-refractivity contribution in [2.45, 2.75) is 26.8 Å². The van der Waals surface area contributed by atoms with Gasteiger partial charge in [0, 0.05) is 22.4 Å². The van der Waals surface area contributed by atoms with Gasteiger partial charge in [0.2, 0.25) is 5.91 Å². The molecule has 0 aliphatic carbocycles. The lowest BCUT2D eigenvalue weighted by Crippen LogP contribution is -2.32. The fourth-order valence-corrected chi connectivity index (χ4v) is 2.40. The fourth-order valence-electron chi connectivity index (χ4n) is 2.40. The van der Waals surface area contributed by atoms with Gasteiger partial charge in [-0.1, -0.05) is 24.1 Å². The molecule has 0 saturated carbocycles. The second-order valence-corrected chi connectivity index (χ2v) is 6.10. The lowest BCUT2D eigenvalue weighted by atomic mass is 9.99. The Morgan fingerprint density at radius 2 is 1.74 bits per heavy atom. The van der Waals surface area contributed by atoms with Crippen LogP contribution in [0.15, 0.2) is 48.2 Å². The van der Waals surface area contributed by atoms with Crippen LogP contribution in [0.3, 0.4) is 0 Å². The van der Waals surface area contributed by atoms with E-state index in [9.17, 15) is 9.59 Å². The minimum atomic E-state index is -0.677. The molecule has 6 nitrogen and oxygen atoms in total. The van der Waals surface area contributed by atoms with Crippen LogP contribution in [0.1, 0.15) is 37.6 Å².